The molecule has 0 aliphatic heterocycles. The number of primary amides is 1. The van der Waals surface area contributed by atoms with Gasteiger partial charge in [0.25, 0.3) is 0 Å². The minimum atomic E-state index is -1.58. The molecule has 4 N–H and O–H groups in total. The third kappa shape index (κ3) is 2.77. The average Bonchev–Trinajstić information content (AvgIpc) is 2.19. The van der Waals surface area contributed by atoms with E-state index in [1.165, 1.54) is 0 Å². The van der Waals surface area contributed by atoms with E-state index in [1.807, 2.05) is 6.92 Å². The van der Waals surface area contributed by atoms with Crippen LogP contribution in [-0.2, 0) is 4.79 Å². The van der Waals surface area contributed by atoms with Crippen molar-refractivity contribution in [3.8, 4) is 0 Å². The fourth-order valence-electron chi connectivity index (χ4n) is 1.19. The van der Waals surface area contributed by atoms with E-state index in [9.17, 15) is 15.0 Å². The molecule has 0 saturated heterocycles. The Balaban J connectivity index is 2.96. The summed E-state index contributed by atoms with van der Waals surface area (Å²) in [5.41, 5.74) is 6.25. The summed E-state index contributed by atoms with van der Waals surface area (Å²) in [6.07, 6.45) is -2.86. The molecule has 0 heterocycles. The van der Waals surface area contributed by atoms with Gasteiger partial charge in [-0.25, -0.2) is 0 Å². The molecule has 2 atom stereocenters. The molecule has 0 aliphatic carbocycles. The molecule has 0 radical (unpaired) electrons. The first kappa shape index (κ1) is 12.2. The molecule has 1 aromatic carbocycles. The Bertz CT molecular complexity index is 381. The first-order chi connectivity index (χ1) is 6.93. The standard InChI is InChI=1S/C10H12BrNO3/c1-5-4-6(2-3-7(5)11)8(13)9(14)10(12)15/h2-4,8-9,13-14H,1H3,(H2,12,15). The molecular formula is C10H12BrNO3. The van der Waals surface area contributed by atoms with Crippen LogP contribution in [0.4, 0.5) is 0 Å². The molecule has 82 valence electrons. The number of nitrogens with two attached hydrogens (primary N) is 1. The van der Waals surface area contributed by atoms with E-state index in [-0.39, 0.29) is 0 Å². The van der Waals surface area contributed by atoms with Crippen molar-refractivity contribution in [1.82, 2.24) is 0 Å². The van der Waals surface area contributed by atoms with Gasteiger partial charge in [-0.1, -0.05) is 28.1 Å². The number of halogens is 1. The number of carbonyl (C=O) groups is 1. The van der Waals surface area contributed by atoms with Crippen molar-refractivity contribution in [1.29, 1.82) is 0 Å². The maximum absolute atomic E-state index is 10.7. The fraction of sp³-hybridized carbons (Fsp3) is 0.300. The molecule has 0 spiro atoms. The van der Waals surface area contributed by atoms with Gasteiger partial charge < -0.3 is 15.9 Å². The van der Waals surface area contributed by atoms with Crippen LogP contribution in [0, 0.1) is 6.92 Å². The van der Waals surface area contributed by atoms with Crippen LogP contribution in [0.15, 0.2) is 22.7 Å². The van der Waals surface area contributed by atoms with Gasteiger partial charge in [0.05, 0.1) is 0 Å². The highest BCUT2D eigenvalue weighted by Gasteiger charge is 2.23. The van der Waals surface area contributed by atoms with Gasteiger partial charge >= 0.3 is 0 Å². The summed E-state index contributed by atoms with van der Waals surface area (Å²) in [4.78, 5) is 10.7. The lowest BCUT2D eigenvalue weighted by Crippen LogP contribution is -2.33. The SMILES string of the molecule is Cc1cc(C(O)C(O)C(N)=O)ccc1Br. The molecule has 1 aromatic rings. The van der Waals surface area contributed by atoms with Crippen LogP contribution in [0.2, 0.25) is 0 Å². The Morgan fingerprint density at radius 2 is 2.07 bits per heavy atom. The maximum atomic E-state index is 10.7. The zero-order valence-electron chi connectivity index (χ0n) is 8.14. The molecule has 0 saturated carbocycles. The molecule has 1 amide bonds. The molecule has 4 nitrogen and oxygen atoms in total. The Labute approximate surface area is 95.8 Å². The van der Waals surface area contributed by atoms with E-state index in [4.69, 9.17) is 5.73 Å². The van der Waals surface area contributed by atoms with Crippen LogP contribution < -0.4 is 5.73 Å². The Morgan fingerprint density at radius 3 is 2.53 bits per heavy atom. The van der Waals surface area contributed by atoms with E-state index in [0.29, 0.717) is 5.56 Å². The molecule has 2 unspecified atom stereocenters. The van der Waals surface area contributed by atoms with Crippen LogP contribution in [0.1, 0.15) is 17.2 Å². The summed E-state index contributed by atoms with van der Waals surface area (Å²) in [7, 11) is 0. The third-order valence-electron chi connectivity index (χ3n) is 2.11. The van der Waals surface area contributed by atoms with Gasteiger partial charge in [-0.05, 0) is 24.1 Å². The second kappa shape index (κ2) is 4.74. The summed E-state index contributed by atoms with van der Waals surface area (Å²) >= 11 is 3.31. The van der Waals surface area contributed by atoms with Crippen molar-refractivity contribution in [2.24, 2.45) is 5.73 Å². The lowest BCUT2D eigenvalue weighted by atomic mass is 10.0. The summed E-state index contributed by atoms with van der Waals surface area (Å²) < 4.78 is 0.895. The van der Waals surface area contributed by atoms with Gasteiger partial charge in [0.2, 0.25) is 5.91 Å². The average molecular weight is 274 g/mol. The smallest absolute Gasteiger partial charge is 0.249 e. The van der Waals surface area contributed by atoms with Crippen molar-refractivity contribution in [3.63, 3.8) is 0 Å². The molecule has 0 fully saturated rings. The van der Waals surface area contributed by atoms with E-state index >= 15 is 0 Å². The lowest BCUT2D eigenvalue weighted by molar-refractivity contribution is -0.131. The summed E-state index contributed by atoms with van der Waals surface area (Å²) in [6.45, 7) is 1.84. The summed E-state index contributed by atoms with van der Waals surface area (Å²) in [5.74, 6) is -0.942. The minimum Gasteiger partial charge on any atom is -0.385 e. The van der Waals surface area contributed by atoms with Crippen molar-refractivity contribution in [3.05, 3.63) is 33.8 Å². The first-order valence-electron chi connectivity index (χ1n) is 4.35. The maximum Gasteiger partial charge on any atom is 0.249 e. The van der Waals surface area contributed by atoms with Gasteiger partial charge in [0, 0.05) is 4.47 Å². The Morgan fingerprint density at radius 1 is 1.47 bits per heavy atom. The number of benzene rings is 1. The van der Waals surface area contributed by atoms with Crippen molar-refractivity contribution >= 4 is 21.8 Å². The third-order valence-corrected chi connectivity index (χ3v) is 3.00. The van der Waals surface area contributed by atoms with E-state index in [0.717, 1.165) is 10.0 Å². The van der Waals surface area contributed by atoms with Crippen molar-refractivity contribution < 1.29 is 15.0 Å². The molecule has 5 heteroatoms. The largest absolute Gasteiger partial charge is 0.385 e. The predicted octanol–water partition coefficient (Wildman–Crippen LogP) is 0.637. The summed E-state index contributed by atoms with van der Waals surface area (Å²) in [5, 5.41) is 18.9. The van der Waals surface area contributed by atoms with Crippen molar-refractivity contribution in [2.75, 3.05) is 0 Å². The number of rotatable bonds is 3. The molecule has 0 aliphatic rings. The zero-order chi connectivity index (χ0) is 11.6. The second-order valence-corrected chi connectivity index (χ2v) is 4.16. The number of amides is 1. The van der Waals surface area contributed by atoms with Crippen LogP contribution in [0.3, 0.4) is 0 Å². The molecule has 1 rings (SSSR count). The first-order valence-corrected chi connectivity index (χ1v) is 5.14. The fourth-order valence-corrected chi connectivity index (χ4v) is 1.44. The van der Waals surface area contributed by atoms with Gasteiger partial charge in [-0.2, -0.15) is 0 Å². The second-order valence-electron chi connectivity index (χ2n) is 3.30. The summed E-state index contributed by atoms with van der Waals surface area (Å²) in [6, 6.07) is 5.04. The molecule has 15 heavy (non-hydrogen) atoms. The Hall–Kier alpha value is -0.910. The van der Waals surface area contributed by atoms with Gasteiger partial charge in [-0.3, -0.25) is 4.79 Å². The van der Waals surface area contributed by atoms with Gasteiger partial charge in [0.1, 0.15) is 6.10 Å². The Kier molecular flexibility index (Phi) is 3.84. The number of aliphatic hydroxyl groups excluding tert-OH is 2. The highest BCUT2D eigenvalue weighted by atomic mass is 79.9. The van der Waals surface area contributed by atoms with Crippen molar-refractivity contribution in [2.45, 2.75) is 19.1 Å². The van der Waals surface area contributed by atoms with Crippen LogP contribution in [0.5, 0.6) is 0 Å². The quantitative estimate of drug-likeness (QED) is 0.756. The van der Waals surface area contributed by atoms with E-state index in [1.54, 1.807) is 18.2 Å². The van der Waals surface area contributed by atoms with Crippen LogP contribution >= 0.6 is 15.9 Å². The van der Waals surface area contributed by atoms with E-state index < -0.39 is 18.1 Å². The lowest BCUT2D eigenvalue weighted by Gasteiger charge is -2.15. The number of carbonyl (C=O) groups excluding carboxylic acids is 1. The number of hydrogen-bond donors (Lipinski definition) is 3. The zero-order valence-corrected chi connectivity index (χ0v) is 9.73. The van der Waals surface area contributed by atoms with Crippen LogP contribution in [0.25, 0.3) is 0 Å². The predicted molar refractivity (Wildman–Crippen MR) is 59.0 cm³/mol. The van der Waals surface area contributed by atoms with Crippen LogP contribution in [-0.4, -0.2) is 22.2 Å². The monoisotopic (exact) mass is 273 g/mol. The normalized spacial score (nSPS) is 14.7. The topological polar surface area (TPSA) is 83.6 Å². The molecule has 0 bridgehead atoms. The van der Waals surface area contributed by atoms with E-state index in [2.05, 4.69) is 15.9 Å². The molecular weight excluding hydrogens is 262 g/mol. The minimum absolute atomic E-state index is 0.460. The highest BCUT2D eigenvalue weighted by molar-refractivity contribution is 9.10. The highest BCUT2D eigenvalue weighted by Crippen LogP contribution is 2.23. The van der Waals surface area contributed by atoms with Gasteiger partial charge in [0.15, 0.2) is 6.10 Å². The van der Waals surface area contributed by atoms with Gasteiger partial charge in [-0.15, -0.1) is 0 Å². The molecule has 0 aromatic heterocycles. The number of aryl methyl sites for hydroxylation is 1. The number of aliphatic hydroxyl groups is 2. The number of hydrogen-bond acceptors (Lipinski definition) is 3.